The summed E-state index contributed by atoms with van der Waals surface area (Å²) in [7, 11) is 1.32. The van der Waals surface area contributed by atoms with Crippen molar-refractivity contribution in [1.29, 1.82) is 0 Å². The molecule has 0 atom stereocenters. The number of anilines is 1. The van der Waals surface area contributed by atoms with Crippen LogP contribution < -0.4 is 5.32 Å². The van der Waals surface area contributed by atoms with Gasteiger partial charge < -0.3 is 10.1 Å². The van der Waals surface area contributed by atoms with Crippen LogP contribution in [0.3, 0.4) is 0 Å². The van der Waals surface area contributed by atoms with Gasteiger partial charge in [-0.2, -0.15) is 0 Å². The van der Waals surface area contributed by atoms with Crippen molar-refractivity contribution in [3.63, 3.8) is 0 Å². The highest BCUT2D eigenvalue weighted by atomic mass is 32.1. The molecule has 1 amide bonds. The topological polar surface area (TPSA) is 83.1 Å². The Labute approximate surface area is 183 Å². The van der Waals surface area contributed by atoms with Gasteiger partial charge in [-0.3, -0.25) is 9.47 Å². The number of rotatable bonds is 6. The van der Waals surface area contributed by atoms with Gasteiger partial charge in [-0.15, -0.1) is 5.10 Å². The molecule has 156 valence electrons. The summed E-state index contributed by atoms with van der Waals surface area (Å²) in [6.45, 7) is -0.0638. The van der Waals surface area contributed by atoms with E-state index in [1.54, 1.807) is 28.9 Å². The van der Waals surface area contributed by atoms with Gasteiger partial charge in [0.05, 0.1) is 12.7 Å². The Hall–Kier alpha value is -3.98. The number of methoxy groups -OCH3 is 1. The van der Waals surface area contributed by atoms with Crippen LogP contribution in [0.5, 0.6) is 0 Å². The Morgan fingerprint density at radius 1 is 1.00 bits per heavy atom. The van der Waals surface area contributed by atoms with Crippen molar-refractivity contribution in [2.24, 2.45) is 0 Å². The maximum absolute atomic E-state index is 12.6. The number of esters is 1. The van der Waals surface area contributed by atoms with Crippen molar-refractivity contribution in [3.8, 4) is 11.4 Å². The highest BCUT2D eigenvalue weighted by Gasteiger charge is 2.16. The second-order valence-corrected chi connectivity index (χ2v) is 6.99. The first kappa shape index (κ1) is 20.3. The van der Waals surface area contributed by atoms with Gasteiger partial charge in [-0.1, -0.05) is 30.3 Å². The number of nitrogens with one attached hydrogen (secondary N) is 1. The average molecular weight is 433 g/mol. The molecule has 0 aliphatic rings. The Bertz CT molecular complexity index is 1260. The molecule has 4 rings (SSSR count). The van der Waals surface area contributed by atoms with Crippen molar-refractivity contribution < 1.29 is 14.3 Å². The van der Waals surface area contributed by atoms with E-state index in [1.807, 2.05) is 59.5 Å². The van der Waals surface area contributed by atoms with Crippen LogP contribution in [0.1, 0.15) is 10.4 Å². The molecule has 0 fully saturated rings. The highest BCUT2D eigenvalue weighted by Crippen LogP contribution is 2.19. The van der Waals surface area contributed by atoms with Crippen molar-refractivity contribution in [1.82, 2.24) is 19.1 Å². The Balaban J connectivity index is 1.59. The maximum Gasteiger partial charge on any atom is 0.337 e. The van der Waals surface area contributed by atoms with Gasteiger partial charge >= 0.3 is 5.97 Å². The zero-order chi connectivity index (χ0) is 21.8. The van der Waals surface area contributed by atoms with E-state index < -0.39 is 5.97 Å². The Morgan fingerprint density at radius 2 is 1.68 bits per heavy atom. The van der Waals surface area contributed by atoms with Crippen LogP contribution in [-0.4, -0.2) is 38.1 Å². The molecule has 0 unspecified atom stereocenters. The van der Waals surface area contributed by atoms with E-state index in [0.717, 1.165) is 5.56 Å². The van der Waals surface area contributed by atoms with Crippen molar-refractivity contribution >= 4 is 29.8 Å². The van der Waals surface area contributed by atoms with Gasteiger partial charge in [-0.25, -0.2) is 14.2 Å². The van der Waals surface area contributed by atoms with E-state index >= 15 is 0 Å². The van der Waals surface area contributed by atoms with Crippen LogP contribution >= 0.6 is 12.2 Å². The summed E-state index contributed by atoms with van der Waals surface area (Å²) in [5, 5.41) is 7.39. The van der Waals surface area contributed by atoms with Crippen molar-refractivity contribution in [2.45, 2.75) is 6.54 Å². The fourth-order valence-electron chi connectivity index (χ4n) is 3.08. The molecule has 2 aromatic heterocycles. The molecule has 0 aliphatic carbocycles. The lowest BCUT2D eigenvalue weighted by Gasteiger charge is -2.07. The van der Waals surface area contributed by atoms with Crippen LogP contribution in [0, 0.1) is 4.77 Å². The summed E-state index contributed by atoms with van der Waals surface area (Å²) in [5.41, 5.74) is 1.83. The zero-order valence-electron chi connectivity index (χ0n) is 16.6. The average Bonchev–Trinajstić information content (AvgIpc) is 3.42. The number of aromatic nitrogens is 4. The van der Waals surface area contributed by atoms with E-state index in [1.165, 1.54) is 11.8 Å². The minimum atomic E-state index is -0.437. The van der Waals surface area contributed by atoms with Crippen LogP contribution in [-0.2, 0) is 16.1 Å². The first-order chi connectivity index (χ1) is 15.1. The highest BCUT2D eigenvalue weighted by molar-refractivity contribution is 7.71. The number of hydrogen-bond acceptors (Lipinski definition) is 5. The number of nitrogens with zero attached hydrogens (tertiary/aromatic N) is 4. The summed E-state index contributed by atoms with van der Waals surface area (Å²) >= 11 is 5.61. The molecule has 2 heterocycles. The maximum atomic E-state index is 12.6. The SMILES string of the molecule is COC(=O)c1ccc(NC(=O)Cn2nc(-c3ccccc3)n(-n3cccc3)c2=S)cc1. The lowest BCUT2D eigenvalue weighted by molar-refractivity contribution is -0.116. The number of amides is 1. The molecule has 0 saturated carbocycles. The van der Waals surface area contributed by atoms with Crippen molar-refractivity contribution in [3.05, 3.63) is 89.5 Å². The van der Waals surface area contributed by atoms with Crippen LogP contribution in [0.15, 0.2) is 79.1 Å². The number of hydrogen-bond donors (Lipinski definition) is 1. The second kappa shape index (κ2) is 8.80. The summed E-state index contributed by atoms with van der Waals surface area (Å²) < 4.78 is 10.1. The van der Waals surface area contributed by atoms with Gasteiger partial charge in [-0.05, 0) is 48.6 Å². The third kappa shape index (κ3) is 4.31. The quantitative estimate of drug-likeness (QED) is 0.371. The van der Waals surface area contributed by atoms with Crippen LogP contribution in [0.25, 0.3) is 11.4 Å². The van der Waals surface area contributed by atoms with E-state index in [2.05, 4.69) is 15.2 Å². The molecule has 2 aromatic carbocycles. The van der Waals surface area contributed by atoms with E-state index in [-0.39, 0.29) is 12.5 Å². The third-order valence-electron chi connectivity index (χ3n) is 4.55. The molecular weight excluding hydrogens is 414 g/mol. The standard InChI is InChI=1S/C22H19N5O3S/c1-30-21(29)17-9-11-18(12-10-17)23-19(28)15-26-22(31)27(25-13-5-6-14-25)20(24-26)16-7-3-2-4-8-16/h2-14H,15H2,1H3,(H,23,28). The van der Waals surface area contributed by atoms with Gasteiger partial charge in [0.2, 0.25) is 10.7 Å². The van der Waals surface area contributed by atoms with Gasteiger partial charge in [0.25, 0.3) is 0 Å². The Morgan fingerprint density at radius 3 is 2.32 bits per heavy atom. The first-order valence-corrected chi connectivity index (χ1v) is 9.85. The summed E-state index contributed by atoms with van der Waals surface area (Å²) in [6, 6.07) is 19.8. The van der Waals surface area contributed by atoms with E-state index in [4.69, 9.17) is 12.2 Å². The minimum absolute atomic E-state index is 0.0638. The van der Waals surface area contributed by atoms with E-state index in [9.17, 15) is 9.59 Å². The smallest absolute Gasteiger partial charge is 0.337 e. The monoisotopic (exact) mass is 433 g/mol. The molecule has 31 heavy (non-hydrogen) atoms. The lowest BCUT2D eigenvalue weighted by Crippen LogP contribution is -2.20. The molecule has 0 aliphatic heterocycles. The fourth-order valence-corrected chi connectivity index (χ4v) is 3.37. The summed E-state index contributed by atoms with van der Waals surface area (Å²) in [6.07, 6.45) is 3.72. The van der Waals surface area contributed by atoms with Crippen molar-refractivity contribution in [2.75, 3.05) is 12.4 Å². The van der Waals surface area contributed by atoms with Crippen LogP contribution in [0.4, 0.5) is 5.69 Å². The summed E-state index contributed by atoms with van der Waals surface area (Å²) in [4.78, 5) is 24.2. The molecule has 1 N–H and O–H groups in total. The predicted octanol–water partition coefficient (Wildman–Crippen LogP) is 3.62. The molecule has 8 nitrogen and oxygen atoms in total. The largest absolute Gasteiger partial charge is 0.465 e. The zero-order valence-corrected chi connectivity index (χ0v) is 17.5. The van der Waals surface area contributed by atoms with E-state index in [0.29, 0.717) is 21.8 Å². The lowest BCUT2D eigenvalue weighted by atomic mass is 10.2. The summed E-state index contributed by atoms with van der Waals surface area (Å²) in [5.74, 6) is -0.108. The number of carbonyl (C=O) groups excluding carboxylic acids is 2. The van der Waals surface area contributed by atoms with Gasteiger partial charge in [0.1, 0.15) is 6.54 Å². The predicted molar refractivity (Wildman–Crippen MR) is 118 cm³/mol. The fraction of sp³-hybridized carbons (Fsp3) is 0.0909. The second-order valence-electron chi connectivity index (χ2n) is 6.62. The van der Waals surface area contributed by atoms with Crippen LogP contribution in [0.2, 0.25) is 0 Å². The molecule has 0 bridgehead atoms. The molecule has 0 saturated heterocycles. The first-order valence-electron chi connectivity index (χ1n) is 9.44. The number of benzene rings is 2. The molecule has 9 heteroatoms. The third-order valence-corrected chi connectivity index (χ3v) is 4.94. The molecule has 0 radical (unpaired) electrons. The number of ether oxygens (including phenoxy) is 1. The normalized spacial score (nSPS) is 10.6. The van der Waals surface area contributed by atoms with Gasteiger partial charge in [0.15, 0.2) is 5.82 Å². The molecule has 4 aromatic rings. The Kier molecular flexibility index (Phi) is 5.76. The number of carbonyl (C=O) groups is 2. The van der Waals surface area contributed by atoms with Gasteiger partial charge in [0, 0.05) is 23.6 Å². The molecular formula is C22H19N5O3S. The minimum Gasteiger partial charge on any atom is -0.465 e. The molecule has 0 spiro atoms.